The molecule has 5 heteroatoms. The third-order valence-corrected chi connectivity index (χ3v) is 3.29. The molecular formula is C16H24N2O3. The molecule has 1 aromatic carbocycles. The summed E-state index contributed by atoms with van der Waals surface area (Å²) in [5.41, 5.74) is 1.46. The van der Waals surface area contributed by atoms with E-state index in [-0.39, 0.29) is 18.5 Å². The van der Waals surface area contributed by atoms with Gasteiger partial charge in [0.15, 0.2) is 0 Å². The Hall–Kier alpha value is -2.04. The van der Waals surface area contributed by atoms with Crippen molar-refractivity contribution in [3.05, 3.63) is 29.8 Å². The van der Waals surface area contributed by atoms with Crippen molar-refractivity contribution in [2.24, 2.45) is 0 Å². The zero-order valence-electron chi connectivity index (χ0n) is 13.0. The molecule has 0 saturated carbocycles. The molecule has 1 amide bonds. The molecule has 0 fully saturated rings. The first-order valence-electron chi connectivity index (χ1n) is 7.35. The smallest absolute Gasteiger partial charge is 0.338 e. The number of nitrogens with one attached hydrogen (secondary N) is 1. The van der Waals surface area contributed by atoms with E-state index in [0.29, 0.717) is 31.5 Å². The first kappa shape index (κ1) is 17.0. The van der Waals surface area contributed by atoms with E-state index in [9.17, 15) is 9.59 Å². The summed E-state index contributed by atoms with van der Waals surface area (Å²) in [6.45, 7) is 5.60. The summed E-state index contributed by atoms with van der Waals surface area (Å²) in [5, 5.41) is 2.99. The van der Waals surface area contributed by atoms with E-state index in [2.05, 4.69) is 5.32 Å². The van der Waals surface area contributed by atoms with Gasteiger partial charge < -0.3 is 15.0 Å². The van der Waals surface area contributed by atoms with Crippen LogP contribution >= 0.6 is 0 Å². The lowest BCUT2D eigenvalue weighted by molar-refractivity contribution is -0.131. The second kappa shape index (κ2) is 9.00. The number of esters is 1. The van der Waals surface area contributed by atoms with Crippen molar-refractivity contribution in [2.75, 3.05) is 32.1 Å². The Labute approximate surface area is 126 Å². The molecule has 0 heterocycles. The number of amides is 1. The molecule has 1 aromatic rings. The van der Waals surface area contributed by atoms with Crippen LogP contribution in [0.3, 0.4) is 0 Å². The van der Waals surface area contributed by atoms with Crippen LogP contribution in [0.15, 0.2) is 24.3 Å². The molecule has 116 valence electrons. The Bertz CT molecular complexity index is 453. The number of nitrogens with zero attached hydrogens (tertiary/aromatic N) is 1. The minimum absolute atomic E-state index is 0.106. The number of ether oxygens (including phenoxy) is 1. The molecule has 5 nitrogen and oxygen atoms in total. The molecule has 0 aliphatic rings. The Morgan fingerprint density at radius 3 is 2.29 bits per heavy atom. The van der Waals surface area contributed by atoms with Gasteiger partial charge in [-0.05, 0) is 44.5 Å². The predicted octanol–water partition coefficient (Wildman–Crippen LogP) is 2.53. The van der Waals surface area contributed by atoms with Crippen LogP contribution in [-0.2, 0) is 9.53 Å². The molecular weight excluding hydrogens is 268 g/mol. The average Bonchev–Trinajstić information content (AvgIpc) is 2.52. The van der Waals surface area contributed by atoms with E-state index in [4.69, 9.17) is 4.74 Å². The van der Waals surface area contributed by atoms with Crippen molar-refractivity contribution in [2.45, 2.75) is 26.7 Å². The summed E-state index contributed by atoms with van der Waals surface area (Å²) in [5.74, 6) is -0.248. The van der Waals surface area contributed by atoms with E-state index in [0.717, 1.165) is 5.69 Å². The summed E-state index contributed by atoms with van der Waals surface area (Å²) in [4.78, 5) is 25.3. The number of benzene rings is 1. The van der Waals surface area contributed by atoms with Crippen LogP contribution in [0.5, 0.6) is 0 Å². The van der Waals surface area contributed by atoms with E-state index in [1.54, 1.807) is 17.0 Å². The van der Waals surface area contributed by atoms with Crippen molar-refractivity contribution in [3.63, 3.8) is 0 Å². The molecule has 0 radical (unpaired) electrons. The largest absolute Gasteiger partial charge is 0.462 e. The molecule has 0 spiro atoms. The van der Waals surface area contributed by atoms with Gasteiger partial charge in [-0.25, -0.2) is 4.79 Å². The fourth-order valence-electron chi connectivity index (χ4n) is 1.98. The van der Waals surface area contributed by atoms with Gasteiger partial charge in [-0.15, -0.1) is 0 Å². The maximum atomic E-state index is 11.8. The third-order valence-electron chi connectivity index (χ3n) is 3.29. The molecule has 1 rings (SSSR count). The predicted molar refractivity (Wildman–Crippen MR) is 83.4 cm³/mol. The Morgan fingerprint density at radius 1 is 1.14 bits per heavy atom. The van der Waals surface area contributed by atoms with Crippen LogP contribution in [0.2, 0.25) is 0 Å². The van der Waals surface area contributed by atoms with E-state index in [1.807, 2.05) is 33.0 Å². The van der Waals surface area contributed by atoms with E-state index < -0.39 is 0 Å². The first-order chi connectivity index (χ1) is 10.1. The SMILES string of the molecule is CCN(CC)C(=O)CCCOC(=O)c1ccc(NC)cc1. The normalized spacial score (nSPS) is 10.0. The molecule has 0 aromatic heterocycles. The van der Waals surface area contributed by atoms with Crippen LogP contribution in [0, 0.1) is 0 Å². The fraction of sp³-hybridized carbons (Fsp3) is 0.500. The first-order valence-corrected chi connectivity index (χ1v) is 7.35. The highest BCUT2D eigenvalue weighted by molar-refractivity contribution is 5.89. The number of hydrogen-bond acceptors (Lipinski definition) is 4. The van der Waals surface area contributed by atoms with Gasteiger partial charge in [0.1, 0.15) is 0 Å². The van der Waals surface area contributed by atoms with E-state index >= 15 is 0 Å². The second-order valence-electron chi connectivity index (χ2n) is 4.63. The molecule has 21 heavy (non-hydrogen) atoms. The van der Waals surface area contributed by atoms with Crippen LogP contribution < -0.4 is 5.32 Å². The molecule has 0 atom stereocenters. The third kappa shape index (κ3) is 5.45. The van der Waals surface area contributed by atoms with Crippen molar-refractivity contribution >= 4 is 17.6 Å². The fourth-order valence-corrected chi connectivity index (χ4v) is 1.98. The topological polar surface area (TPSA) is 58.6 Å². The summed E-state index contributed by atoms with van der Waals surface area (Å²) in [6.07, 6.45) is 0.962. The molecule has 1 N–H and O–H groups in total. The van der Waals surface area contributed by atoms with Gasteiger partial charge in [0.05, 0.1) is 12.2 Å². The minimum Gasteiger partial charge on any atom is -0.462 e. The number of rotatable bonds is 8. The monoisotopic (exact) mass is 292 g/mol. The summed E-state index contributed by atoms with van der Waals surface area (Å²) >= 11 is 0. The lowest BCUT2D eigenvalue weighted by Crippen LogP contribution is -2.30. The summed E-state index contributed by atoms with van der Waals surface area (Å²) < 4.78 is 5.17. The van der Waals surface area contributed by atoms with Gasteiger partial charge in [0, 0.05) is 32.2 Å². The molecule has 0 bridgehead atoms. The lowest BCUT2D eigenvalue weighted by Gasteiger charge is -2.18. The van der Waals surface area contributed by atoms with Crippen molar-refractivity contribution in [3.8, 4) is 0 Å². The quantitative estimate of drug-likeness (QED) is 0.591. The molecule has 0 unspecified atom stereocenters. The van der Waals surface area contributed by atoms with Crippen LogP contribution in [-0.4, -0.2) is 43.5 Å². The zero-order chi connectivity index (χ0) is 15.7. The Morgan fingerprint density at radius 2 is 1.76 bits per heavy atom. The maximum absolute atomic E-state index is 11.8. The van der Waals surface area contributed by atoms with Crippen LogP contribution in [0.4, 0.5) is 5.69 Å². The number of hydrogen-bond donors (Lipinski definition) is 1. The average molecular weight is 292 g/mol. The molecule has 0 saturated heterocycles. The van der Waals surface area contributed by atoms with Crippen molar-refractivity contribution < 1.29 is 14.3 Å². The highest BCUT2D eigenvalue weighted by Crippen LogP contribution is 2.10. The molecule has 0 aliphatic heterocycles. The van der Waals surface area contributed by atoms with Gasteiger partial charge >= 0.3 is 5.97 Å². The van der Waals surface area contributed by atoms with Gasteiger partial charge in [0.25, 0.3) is 0 Å². The highest BCUT2D eigenvalue weighted by Gasteiger charge is 2.10. The van der Waals surface area contributed by atoms with Gasteiger partial charge in [-0.3, -0.25) is 4.79 Å². The standard InChI is InChI=1S/C16H24N2O3/c1-4-18(5-2)15(19)7-6-12-21-16(20)13-8-10-14(17-3)11-9-13/h8-11,17H,4-7,12H2,1-3H3. The lowest BCUT2D eigenvalue weighted by atomic mass is 10.2. The Kier molecular flexibility index (Phi) is 7.29. The summed E-state index contributed by atoms with van der Waals surface area (Å²) in [6, 6.07) is 7.07. The molecule has 0 aliphatic carbocycles. The maximum Gasteiger partial charge on any atom is 0.338 e. The Balaban J connectivity index is 2.31. The zero-order valence-corrected chi connectivity index (χ0v) is 13.0. The van der Waals surface area contributed by atoms with Gasteiger partial charge in [-0.1, -0.05) is 0 Å². The van der Waals surface area contributed by atoms with Crippen LogP contribution in [0.1, 0.15) is 37.0 Å². The van der Waals surface area contributed by atoms with E-state index in [1.165, 1.54) is 0 Å². The highest BCUT2D eigenvalue weighted by atomic mass is 16.5. The number of carbonyl (C=O) groups excluding carboxylic acids is 2. The number of anilines is 1. The van der Waals surface area contributed by atoms with Gasteiger partial charge in [-0.2, -0.15) is 0 Å². The second-order valence-corrected chi connectivity index (χ2v) is 4.63. The van der Waals surface area contributed by atoms with Crippen molar-refractivity contribution in [1.29, 1.82) is 0 Å². The van der Waals surface area contributed by atoms with Crippen LogP contribution in [0.25, 0.3) is 0 Å². The minimum atomic E-state index is -0.354. The van der Waals surface area contributed by atoms with Crippen molar-refractivity contribution in [1.82, 2.24) is 4.90 Å². The van der Waals surface area contributed by atoms with Gasteiger partial charge in [0.2, 0.25) is 5.91 Å². The summed E-state index contributed by atoms with van der Waals surface area (Å²) in [7, 11) is 1.82. The number of carbonyl (C=O) groups is 2.